The van der Waals surface area contributed by atoms with Crippen molar-refractivity contribution in [1.82, 2.24) is 9.88 Å². The zero-order valence-electron chi connectivity index (χ0n) is 19.0. The van der Waals surface area contributed by atoms with Gasteiger partial charge in [-0.05, 0) is 80.6 Å². The zero-order valence-corrected chi connectivity index (χ0v) is 15.7. The first-order valence-corrected chi connectivity index (χ1v) is 9.23. The van der Waals surface area contributed by atoms with Crippen LogP contribution in [0.25, 0.3) is 0 Å². The van der Waals surface area contributed by atoms with Crippen LogP contribution >= 0.6 is 11.6 Å². The molecule has 1 aromatic heterocycles. The molecular weight excluding hydrogens is 348 g/mol. The van der Waals surface area contributed by atoms with Gasteiger partial charge in [-0.1, -0.05) is 17.7 Å². The standard InChI is InChI=1S/C21H25ClN2O2/c1-24-9-7-16(8-10-24)21(25)19-6-5-17(22)11-14(19)3-4-15-12-18(26-2)13-23-20(15)21/h5-6,11-13,16,25H,3-4,7-10H2,1-2H3/i4D2,12D,13D. The summed E-state index contributed by atoms with van der Waals surface area (Å²) in [5, 5.41) is 12.8. The molecule has 1 unspecified atom stereocenters. The SMILES string of the molecule is [2H]c1nc2c(c([2H])c1OC)C([2H])([2H])Cc1cc(Cl)ccc1C2(O)C1CCN(C)CC1. The lowest BCUT2D eigenvalue weighted by Crippen LogP contribution is -2.44. The molecule has 138 valence electrons. The van der Waals surface area contributed by atoms with Crippen molar-refractivity contribution in [2.45, 2.75) is 31.2 Å². The van der Waals surface area contributed by atoms with Gasteiger partial charge in [-0.25, -0.2) is 0 Å². The van der Waals surface area contributed by atoms with Crippen molar-refractivity contribution >= 4 is 11.6 Å². The van der Waals surface area contributed by atoms with E-state index in [0.717, 1.165) is 13.1 Å². The number of benzene rings is 1. The van der Waals surface area contributed by atoms with E-state index in [2.05, 4.69) is 9.88 Å². The second kappa shape index (κ2) is 6.84. The van der Waals surface area contributed by atoms with Crippen molar-refractivity contribution in [2.24, 2.45) is 5.92 Å². The number of ether oxygens (including phenoxy) is 1. The number of halogens is 1. The van der Waals surface area contributed by atoms with Crippen LogP contribution in [0.1, 0.15) is 40.7 Å². The molecule has 1 aliphatic heterocycles. The number of likely N-dealkylation sites (tertiary alicyclic amines) is 1. The first-order valence-electron chi connectivity index (χ1n) is 10.9. The molecule has 0 bridgehead atoms. The Morgan fingerprint density at radius 3 is 2.88 bits per heavy atom. The maximum absolute atomic E-state index is 12.3. The minimum absolute atomic E-state index is 0.0101. The van der Waals surface area contributed by atoms with E-state index < -0.39 is 12.0 Å². The Bertz CT molecular complexity index is 995. The van der Waals surface area contributed by atoms with Crippen molar-refractivity contribution < 1.29 is 15.3 Å². The third kappa shape index (κ3) is 2.90. The third-order valence-corrected chi connectivity index (χ3v) is 5.79. The Morgan fingerprint density at radius 2 is 2.15 bits per heavy atom. The highest BCUT2D eigenvalue weighted by Crippen LogP contribution is 2.46. The molecule has 0 amide bonds. The van der Waals surface area contributed by atoms with Gasteiger partial charge in [0.1, 0.15) is 11.4 Å². The summed E-state index contributed by atoms with van der Waals surface area (Å²) in [4.78, 5) is 6.54. The Balaban J connectivity index is 2.06. The highest BCUT2D eigenvalue weighted by atomic mass is 35.5. The van der Waals surface area contributed by atoms with Crippen LogP contribution in [0, 0.1) is 5.92 Å². The van der Waals surface area contributed by atoms with Crippen molar-refractivity contribution in [1.29, 1.82) is 0 Å². The lowest BCUT2D eigenvalue weighted by atomic mass is 9.72. The third-order valence-electron chi connectivity index (χ3n) is 5.55. The topological polar surface area (TPSA) is 45.6 Å². The Hall–Kier alpha value is -1.62. The van der Waals surface area contributed by atoms with Gasteiger partial charge in [-0.2, -0.15) is 0 Å². The van der Waals surface area contributed by atoms with Gasteiger partial charge in [0.15, 0.2) is 0 Å². The molecule has 4 rings (SSSR count). The summed E-state index contributed by atoms with van der Waals surface area (Å²) >= 11 is 6.22. The molecular formula is C21H25ClN2O2. The lowest BCUT2D eigenvalue weighted by molar-refractivity contribution is -0.0148. The van der Waals surface area contributed by atoms with Crippen LogP contribution in [0.15, 0.2) is 30.4 Å². The summed E-state index contributed by atoms with van der Waals surface area (Å²) in [6, 6.07) is 4.87. The normalized spacial score (nSPS) is 28.0. The highest BCUT2D eigenvalue weighted by Gasteiger charge is 2.46. The fourth-order valence-electron chi connectivity index (χ4n) is 4.09. The lowest BCUT2D eigenvalue weighted by Gasteiger charge is -2.41. The average Bonchev–Trinajstić information content (AvgIpc) is 2.73. The van der Waals surface area contributed by atoms with Crippen molar-refractivity contribution in [3.8, 4) is 5.75 Å². The van der Waals surface area contributed by atoms with E-state index in [1.807, 2.05) is 7.05 Å². The molecule has 0 radical (unpaired) electrons. The second-order valence-electron chi connectivity index (χ2n) is 7.10. The van der Waals surface area contributed by atoms with Crippen molar-refractivity contribution in [3.05, 3.63) is 57.8 Å². The molecule has 2 heterocycles. The van der Waals surface area contributed by atoms with Gasteiger partial charge in [0, 0.05) is 13.7 Å². The minimum atomic E-state index is -1.99. The summed E-state index contributed by atoms with van der Waals surface area (Å²) in [6.45, 7) is 1.57. The zero-order chi connectivity index (χ0) is 21.8. The van der Waals surface area contributed by atoms with Gasteiger partial charge < -0.3 is 14.7 Å². The smallest absolute Gasteiger partial charge is 0.137 e. The molecule has 1 saturated heterocycles. The molecule has 26 heavy (non-hydrogen) atoms. The van der Waals surface area contributed by atoms with E-state index in [9.17, 15) is 5.11 Å². The fraction of sp³-hybridized carbons (Fsp3) is 0.476. The van der Waals surface area contributed by atoms with E-state index in [-0.39, 0.29) is 41.6 Å². The Kier molecular flexibility index (Phi) is 3.56. The molecule has 5 heteroatoms. The molecule has 1 N–H and O–H groups in total. The molecule has 0 saturated carbocycles. The number of rotatable bonds is 2. The van der Waals surface area contributed by atoms with E-state index in [4.69, 9.17) is 21.8 Å². The molecule has 2 aromatic rings. The molecule has 0 spiro atoms. The fourth-order valence-corrected chi connectivity index (χ4v) is 4.29. The summed E-state index contributed by atoms with van der Waals surface area (Å²) in [7, 11) is 3.37. The van der Waals surface area contributed by atoms with Gasteiger partial charge in [0.2, 0.25) is 0 Å². The number of piperidine rings is 1. The van der Waals surface area contributed by atoms with Crippen LogP contribution in [0.2, 0.25) is 5.02 Å². The number of hydrogen-bond donors (Lipinski definition) is 1. The Labute approximate surface area is 165 Å². The minimum Gasteiger partial charge on any atom is -0.495 e. The monoisotopic (exact) mass is 376 g/mol. The van der Waals surface area contributed by atoms with Crippen LogP contribution in [0.4, 0.5) is 0 Å². The number of nitrogens with zero attached hydrogens (tertiary/aromatic N) is 2. The number of aliphatic hydroxyl groups is 1. The molecule has 4 nitrogen and oxygen atoms in total. The summed E-state index contributed by atoms with van der Waals surface area (Å²) in [6.07, 6.45) is -0.951. The molecule has 2 aliphatic rings. The van der Waals surface area contributed by atoms with Gasteiger partial charge in [0.25, 0.3) is 0 Å². The summed E-state index contributed by atoms with van der Waals surface area (Å²) in [5.74, 6) is -0.326. The highest BCUT2D eigenvalue weighted by molar-refractivity contribution is 6.30. The number of hydrogen-bond acceptors (Lipinski definition) is 4. The van der Waals surface area contributed by atoms with E-state index in [1.54, 1.807) is 18.2 Å². The van der Waals surface area contributed by atoms with Crippen LogP contribution < -0.4 is 4.74 Å². The van der Waals surface area contributed by atoms with E-state index >= 15 is 0 Å². The molecule has 1 aliphatic carbocycles. The van der Waals surface area contributed by atoms with Crippen molar-refractivity contribution in [2.75, 3.05) is 27.2 Å². The van der Waals surface area contributed by atoms with Crippen molar-refractivity contribution in [3.63, 3.8) is 0 Å². The quantitative estimate of drug-likeness (QED) is 0.872. The van der Waals surface area contributed by atoms with Gasteiger partial charge in [-0.3, -0.25) is 4.98 Å². The van der Waals surface area contributed by atoms with E-state index in [1.165, 1.54) is 7.11 Å². The predicted octanol–water partition coefficient (Wildman–Crippen LogP) is 3.42. The Morgan fingerprint density at radius 1 is 1.38 bits per heavy atom. The predicted molar refractivity (Wildman–Crippen MR) is 103 cm³/mol. The van der Waals surface area contributed by atoms with Gasteiger partial charge in [-0.15, -0.1) is 0 Å². The van der Waals surface area contributed by atoms with Crippen LogP contribution in [0.5, 0.6) is 5.75 Å². The van der Waals surface area contributed by atoms with Crippen LogP contribution in [-0.2, 0) is 18.4 Å². The number of methoxy groups -OCH3 is 1. The largest absolute Gasteiger partial charge is 0.495 e. The maximum atomic E-state index is 12.3. The first-order chi connectivity index (χ1) is 14.1. The summed E-state index contributed by atoms with van der Waals surface area (Å²) < 4.78 is 39.6. The first kappa shape index (κ1) is 13.5. The maximum Gasteiger partial charge on any atom is 0.137 e. The van der Waals surface area contributed by atoms with Gasteiger partial charge in [0.05, 0.1) is 21.7 Å². The second-order valence-corrected chi connectivity index (χ2v) is 7.54. The van der Waals surface area contributed by atoms with Gasteiger partial charge >= 0.3 is 0 Å². The molecule has 1 fully saturated rings. The molecule has 1 atom stereocenters. The number of pyridine rings is 1. The number of fused-ring (bicyclic) bond motifs is 2. The number of aryl methyl sites for hydroxylation is 1. The summed E-state index contributed by atoms with van der Waals surface area (Å²) in [5.41, 5.74) is -0.432. The number of aromatic nitrogens is 1. The van der Waals surface area contributed by atoms with E-state index in [0.29, 0.717) is 29.0 Å². The average molecular weight is 377 g/mol. The molecule has 1 aromatic carbocycles. The van der Waals surface area contributed by atoms with Crippen LogP contribution in [-0.4, -0.2) is 42.2 Å². The van der Waals surface area contributed by atoms with Crippen LogP contribution in [0.3, 0.4) is 0 Å².